The first-order valence-electron chi connectivity index (χ1n) is 5.62. The topological polar surface area (TPSA) is 64.6 Å². The quantitative estimate of drug-likeness (QED) is 0.584. The van der Waals surface area contributed by atoms with Gasteiger partial charge in [-0.05, 0) is 30.5 Å². The monoisotopic (exact) mass is 299 g/mol. The highest BCUT2D eigenvalue weighted by Crippen LogP contribution is 2.25. The van der Waals surface area contributed by atoms with Gasteiger partial charge in [0, 0.05) is 17.0 Å². The van der Waals surface area contributed by atoms with Crippen molar-refractivity contribution in [1.82, 2.24) is 10.9 Å². The van der Waals surface area contributed by atoms with Gasteiger partial charge in [0.2, 0.25) is 0 Å². The predicted molar refractivity (Wildman–Crippen MR) is 77.2 cm³/mol. The van der Waals surface area contributed by atoms with Crippen LogP contribution in [0.1, 0.15) is 0 Å². The molecule has 0 bridgehead atoms. The minimum absolute atomic E-state index is 0.141. The molecule has 1 amide bonds. The van der Waals surface area contributed by atoms with Gasteiger partial charge in [-0.3, -0.25) is 15.5 Å². The van der Waals surface area contributed by atoms with Crippen LogP contribution in [0.2, 0.25) is 5.02 Å². The molecule has 1 unspecified atom stereocenters. The van der Waals surface area contributed by atoms with Crippen LogP contribution in [0, 0.1) is 0 Å². The second kappa shape index (κ2) is 6.29. The summed E-state index contributed by atoms with van der Waals surface area (Å²) in [4.78, 5) is 12.3. The first kappa shape index (κ1) is 14.2. The number of halogens is 1. The predicted octanol–water partition coefficient (Wildman–Crippen LogP) is 1.79. The van der Waals surface area contributed by atoms with Crippen molar-refractivity contribution in [2.75, 3.05) is 17.0 Å². The lowest BCUT2D eigenvalue weighted by molar-refractivity contribution is -0.114. The molecular formula is C12H14ClN3O2S. The van der Waals surface area contributed by atoms with Gasteiger partial charge in [0.15, 0.2) is 0 Å². The van der Waals surface area contributed by atoms with E-state index in [-0.39, 0.29) is 11.9 Å². The van der Waals surface area contributed by atoms with E-state index in [1.807, 2.05) is 11.7 Å². The second-order valence-electron chi connectivity index (χ2n) is 3.98. The maximum atomic E-state index is 12.3. The van der Waals surface area contributed by atoms with Gasteiger partial charge in [-0.25, -0.2) is 10.4 Å². The Morgan fingerprint density at radius 3 is 2.79 bits per heavy atom. The maximum Gasteiger partial charge on any atom is 0.271 e. The number of nitrogens with one attached hydrogen (secondary N) is 2. The van der Waals surface area contributed by atoms with E-state index in [2.05, 4.69) is 5.43 Å². The summed E-state index contributed by atoms with van der Waals surface area (Å²) in [6.07, 6.45) is 3.27. The third-order valence-corrected chi connectivity index (χ3v) is 3.67. The molecule has 0 aliphatic carbocycles. The summed E-state index contributed by atoms with van der Waals surface area (Å²) in [6, 6.07) is 6.83. The third-order valence-electron chi connectivity index (χ3n) is 2.75. The van der Waals surface area contributed by atoms with Crippen LogP contribution in [0.5, 0.6) is 0 Å². The van der Waals surface area contributed by atoms with E-state index in [0.717, 1.165) is 5.75 Å². The first-order chi connectivity index (χ1) is 9.17. The summed E-state index contributed by atoms with van der Waals surface area (Å²) in [5.41, 5.74) is 6.24. The molecule has 5 nitrogen and oxygen atoms in total. The van der Waals surface area contributed by atoms with Crippen LogP contribution in [0.25, 0.3) is 0 Å². The van der Waals surface area contributed by atoms with Gasteiger partial charge < -0.3 is 0 Å². The zero-order valence-electron chi connectivity index (χ0n) is 10.3. The second-order valence-corrected chi connectivity index (χ2v) is 5.33. The minimum Gasteiger partial charge on any atom is -0.292 e. The van der Waals surface area contributed by atoms with E-state index in [1.54, 1.807) is 36.0 Å². The molecule has 0 spiro atoms. The molecule has 1 aromatic carbocycles. The Labute approximate surface area is 120 Å². The molecular weight excluding hydrogens is 286 g/mol. The standard InChI is InChI=1S/C12H14ClN3O2S/c1-19-7-11-10(6-14-18)12(17)16(15-11)9-4-2-8(13)3-5-9/h2-6,11,14-15,18H,7H2,1H3. The fourth-order valence-corrected chi connectivity index (χ4v) is 2.58. The van der Waals surface area contributed by atoms with Crippen molar-refractivity contribution >= 4 is 35.0 Å². The molecule has 1 atom stereocenters. The number of hydrogen-bond donors (Lipinski definition) is 3. The van der Waals surface area contributed by atoms with Crippen molar-refractivity contribution in [3.63, 3.8) is 0 Å². The highest BCUT2D eigenvalue weighted by atomic mass is 35.5. The van der Waals surface area contributed by atoms with E-state index < -0.39 is 0 Å². The lowest BCUT2D eigenvalue weighted by atomic mass is 10.1. The minimum atomic E-state index is -0.192. The number of thioether (sulfide) groups is 1. The zero-order chi connectivity index (χ0) is 13.8. The highest BCUT2D eigenvalue weighted by molar-refractivity contribution is 7.98. The number of carbonyl (C=O) groups is 1. The van der Waals surface area contributed by atoms with Gasteiger partial charge in [-0.2, -0.15) is 11.8 Å². The molecule has 19 heavy (non-hydrogen) atoms. The van der Waals surface area contributed by atoms with Crippen molar-refractivity contribution < 1.29 is 10.0 Å². The lowest BCUT2D eigenvalue weighted by Gasteiger charge is -2.17. The Hall–Kier alpha value is -1.21. The Morgan fingerprint density at radius 1 is 1.53 bits per heavy atom. The number of carbonyl (C=O) groups excluding carboxylic acids is 1. The maximum absolute atomic E-state index is 12.3. The number of rotatable bonds is 4. The fraction of sp³-hybridized carbons (Fsp3) is 0.250. The van der Waals surface area contributed by atoms with Gasteiger partial charge >= 0.3 is 0 Å². The molecule has 1 heterocycles. The highest BCUT2D eigenvalue weighted by Gasteiger charge is 2.35. The molecule has 7 heteroatoms. The van der Waals surface area contributed by atoms with E-state index in [1.165, 1.54) is 11.2 Å². The summed E-state index contributed by atoms with van der Waals surface area (Å²) in [7, 11) is 0. The van der Waals surface area contributed by atoms with Gasteiger partial charge in [0.1, 0.15) is 0 Å². The van der Waals surface area contributed by atoms with E-state index in [9.17, 15) is 4.79 Å². The van der Waals surface area contributed by atoms with Gasteiger partial charge in [-0.1, -0.05) is 11.6 Å². The first-order valence-corrected chi connectivity index (χ1v) is 7.39. The van der Waals surface area contributed by atoms with Gasteiger partial charge in [0.25, 0.3) is 5.91 Å². The lowest BCUT2D eigenvalue weighted by Crippen LogP contribution is -2.38. The fourth-order valence-electron chi connectivity index (χ4n) is 1.87. The number of nitrogens with zero attached hydrogens (tertiary/aromatic N) is 1. The molecule has 1 aliphatic heterocycles. The van der Waals surface area contributed by atoms with E-state index in [0.29, 0.717) is 16.3 Å². The molecule has 0 saturated carbocycles. The molecule has 1 aromatic rings. The number of hydrazine groups is 1. The van der Waals surface area contributed by atoms with Crippen LogP contribution in [0.4, 0.5) is 5.69 Å². The largest absolute Gasteiger partial charge is 0.292 e. The molecule has 0 aromatic heterocycles. The summed E-state index contributed by atoms with van der Waals surface area (Å²) in [6.45, 7) is 0. The molecule has 2 rings (SSSR count). The summed E-state index contributed by atoms with van der Waals surface area (Å²) in [5.74, 6) is 0.534. The number of hydroxylamine groups is 1. The van der Waals surface area contributed by atoms with Crippen LogP contribution < -0.4 is 15.9 Å². The molecule has 102 valence electrons. The Morgan fingerprint density at radius 2 is 2.21 bits per heavy atom. The Balaban J connectivity index is 2.26. The summed E-state index contributed by atoms with van der Waals surface area (Å²) < 4.78 is 0. The smallest absolute Gasteiger partial charge is 0.271 e. The summed E-state index contributed by atoms with van der Waals surface area (Å²) >= 11 is 7.45. The molecule has 1 saturated heterocycles. The third kappa shape index (κ3) is 3.03. The Kier molecular flexibility index (Phi) is 4.71. The number of anilines is 1. The molecule has 3 N–H and O–H groups in total. The van der Waals surface area contributed by atoms with Crippen molar-refractivity contribution in [2.24, 2.45) is 0 Å². The van der Waals surface area contributed by atoms with Crippen LogP contribution >= 0.6 is 23.4 Å². The number of amides is 1. The van der Waals surface area contributed by atoms with Gasteiger partial charge in [-0.15, -0.1) is 0 Å². The van der Waals surface area contributed by atoms with Crippen molar-refractivity contribution in [2.45, 2.75) is 6.04 Å². The average molecular weight is 300 g/mol. The molecule has 1 aliphatic rings. The van der Waals surface area contributed by atoms with Crippen LogP contribution in [-0.4, -0.2) is 29.2 Å². The Bertz CT molecular complexity index is 492. The summed E-state index contributed by atoms with van der Waals surface area (Å²) in [5, 5.41) is 10.8. The molecule has 0 radical (unpaired) electrons. The molecule has 1 fully saturated rings. The number of benzene rings is 1. The van der Waals surface area contributed by atoms with Crippen LogP contribution in [-0.2, 0) is 4.79 Å². The zero-order valence-corrected chi connectivity index (χ0v) is 11.8. The van der Waals surface area contributed by atoms with Gasteiger partial charge in [0.05, 0.1) is 17.3 Å². The van der Waals surface area contributed by atoms with Crippen LogP contribution in [0.15, 0.2) is 36.0 Å². The van der Waals surface area contributed by atoms with E-state index >= 15 is 0 Å². The van der Waals surface area contributed by atoms with Crippen LogP contribution in [0.3, 0.4) is 0 Å². The van der Waals surface area contributed by atoms with Crippen molar-refractivity contribution in [3.8, 4) is 0 Å². The average Bonchev–Trinajstić information content (AvgIpc) is 2.70. The number of hydrogen-bond acceptors (Lipinski definition) is 5. The van der Waals surface area contributed by atoms with Crippen molar-refractivity contribution in [1.29, 1.82) is 0 Å². The normalized spacial score (nSPS) is 21.2. The van der Waals surface area contributed by atoms with Crippen molar-refractivity contribution in [3.05, 3.63) is 41.1 Å². The SMILES string of the molecule is CSCC1NN(c2ccc(Cl)cc2)C(=O)C1=CNO. The van der Waals surface area contributed by atoms with E-state index in [4.69, 9.17) is 16.8 Å².